The zero-order valence-corrected chi connectivity index (χ0v) is 18.4. The lowest BCUT2D eigenvalue weighted by Crippen LogP contribution is -2.15. The summed E-state index contributed by atoms with van der Waals surface area (Å²) in [6.07, 6.45) is 0.807. The van der Waals surface area contributed by atoms with Crippen molar-refractivity contribution in [2.45, 2.75) is 20.3 Å². The number of nitrogens with one attached hydrogen (secondary N) is 2. The second kappa shape index (κ2) is 8.39. The van der Waals surface area contributed by atoms with Crippen molar-refractivity contribution in [1.29, 1.82) is 0 Å². The third-order valence-electron chi connectivity index (χ3n) is 5.79. The Hall–Kier alpha value is -4.19. The third kappa shape index (κ3) is 4.28. The molecule has 0 saturated carbocycles. The maximum atomic E-state index is 12.9. The molecule has 33 heavy (non-hydrogen) atoms. The Balaban J connectivity index is 1.33. The number of aryl methyl sites for hydroxylation is 2. The van der Waals surface area contributed by atoms with Gasteiger partial charge in [0.15, 0.2) is 0 Å². The van der Waals surface area contributed by atoms with Crippen LogP contribution >= 0.6 is 0 Å². The van der Waals surface area contributed by atoms with Crippen molar-refractivity contribution in [3.05, 3.63) is 94.7 Å². The summed E-state index contributed by atoms with van der Waals surface area (Å²) in [5.41, 5.74) is 6.09. The first-order chi connectivity index (χ1) is 16.0. The largest absolute Gasteiger partial charge is 0.493 e. The van der Waals surface area contributed by atoms with Gasteiger partial charge in [-0.15, -0.1) is 0 Å². The van der Waals surface area contributed by atoms with Crippen LogP contribution < -0.4 is 15.4 Å². The van der Waals surface area contributed by atoms with E-state index in [9.17, 15) is 9.59 Å². The fourth-order valence-electron chi connectivity index (χ4n) is 3.93. The maximum absolute atomic E-state index is 12.9. The summed E-state index contributed by atoms with van der Waals surface area (Å²) in [4.78, 5) is 30.1. The number of amides is 2. The smallest absolute Gasteiger partial charge is 0.255 e. The number of anilines is 2. The van der Waals surface area contributed by atoms with Gasteiger partial charge in [-0.05, 0) is 79.6 Å². The first kappa shape index (κ1) is 20.7. The molecule has 1 aliphatic rings. The van der Waals surface area contributed by atoms with E-state index in [2.05, 4.69) is 15.6 Å². The first-order valence-electron chi connectivity index (χ1n) is 10.8. The molecule has 0 saturated heterocycles. The molecular weight excluding hydrogens is 414 g/mol. The molecule has 0 unspecified atom stereocenters. The van der Waals surface area contributed by atoms with E-state index in [0.29, 0.717) is 29.1 Å². The molecule has 0 bridgehead atoms. The standard InChI is InChI=1S/C27H23N3O3/c1-16-3-8-22(29-26(31)21-7-10-25-19(14-21)11-12-33-25)15-24(16)30-27(32)20-6-9-23-18(13-20)5-4-17(2)28-23/h3-10,13-15H,11-12H2,1-2H3,(H,29,31)(H,30,32). The van der Waals surface area contributed by atoms with Gasteiger partial charge in [0.2, 0.25) is 0 Å². The van der Waals surface area contributed by atoms with Crippen LogP contribution in [0.25, 0.3) is 10.9 Å². The summed E-state index contributed by atoms with van der Waals surface area (Å²) >= 11 is 0. The second-order valence-corrected chi connectivity index (χ2v) is 8.22. The average molecular weight is 437 g/mol. The molecule has 0 fully saturated rings. The van der Waals surface area contributed by atoms with Crippen LogP contribution in [0.3, 0.4) is 0 Å². The van der Waals surface area contributed by atoms with Crippen molar-refractivity contribution in [3.8, 4) is 5.75 Å². The van der Waals surface area contributed by atoms with Gasteiger partial charge in [-0.2, -0.15) is 0 Å². The molecule has 1 aromatic heterocycles. The lowest BCUT2D eigenvalue weighted by atomic mass is 10.1. The minimum Gasteiger partial charge on any atom is -0.493 e. The maximum Gasteiger partial charge on any atom is 0.255 e. The number of fused-ring (bicyclic) bond motifs is 2. The number of aromatic nitrogens is 1. The highest BCUT2D eigenvalue weighted by atomic mass is 16.5. The number of carbonyl (C=O) groups excluding carboxylic acids is 2. The van der Waals surface area contributed by atoms with E-state index >= 15 is 0 Å². The Morgan fingerprint density at radius 2 is 1.64 bits per heavy atom. The summed E-state index contributed by atoms with van der Waals surface area (Å²) in [5.74, 6) is 0.414. The van der Waals surface area contributed by atoms with Crippen LogP contribution in [0.1, 0.15) is 37.5 Å². The van der Waals surface area contributed by atoms with Crippen LogP contribution in [0.15, 0.2) is 66.7 Å². The minimum absolute atomic E-state index is 0.205. The Morgan fingerprint density at radius 1 is 0.848 bits per heavy atom. The molecule has 2 N–H and O–H groups in total. The van der Waals surface area contributed by atoms with Gasteiger partial charge in [-0.25, -0.2) is 0 Å². The normalized spacial score (nSPS) is 12.2. The predicted octanol–water partition coefficient (Wildman–Crippen LogP) is 5.29. The molecule has 4 aromatic rings. The van der Waals surface area contributed by atoms with Gasteiger partial charge in [0.1, 0.15) is 5.75 Å². The van der Waals surface area contributed by atoms with Crippen LogP contribution in [0.2, 0.25) is 0 Å². The number of hydrogen-bond acceptors (Lipinski definition) is 4. The predicted molar refractivity (Wildman–Crippen MR) is 129 cm³/mol. The lowest BCUT2D eigenvalue weighted by Gasteiger charge is -2.12. The van der Waals surface area contributed by atoms with E-state index in [4.69, 9.17) is 4.74 Å². The quantitative estimate of drug-likeness (QED) is 0.455. The van der Waals surface area contributed by atoms with Gasteiger partial charge in [0, 0.05) is 40.0 Å². The Kier molecular flexibility index (Phi) is 5.26. The minimum atomic E-state index is -0.220. The molecule has 0 spiro atoms. The van der Waals surface area contributed by atoms with E-state index in [0.717, 1.165) is 39.9 Å². The van der Waals surface area contributed by atoms with Gasteiger partial charge in [-0.1, -0.05) is 12.1 Å². The van der Waals surface area contributed by atoms with Gasteiger partial charge in [-0.3, -0.25) is 14.6 Å². The van der Waals surface area contributed by atoms with Crippen LogP contribution in [0.5, 0.6) is 5.75 Å². The summed E-state index contributed by atoms with van der Waals surface area (Å²) in [6.45, 7) is 4.50. The van der Waals surface area contributed by atoms with E-state index in [1.807, 2.05) is 62.4 Å². The number of ether oxygens (including phenoxy) is 1. The number of hydrogen-bond donors (Lipinski definition) is 2. The molecule has 164 valence electrons. The molecule has 0 aliphatic carbocycles. The first-order valence-corrected chi connectivity index (χ1v) is 10.8. The van der Waals surface area contributed by atoms with Crippen molar-refractivity contribution in [1.82, 2.24) is 4.98 Å². The summed E-state index contributed by atoms with van der Waals surface area (Å²) in [7, 11) is 0. The fraction of sp³-hybridized carbons (Fsp3) is 0.148. The van der Waals surface area contributed by atoms with E-state index in [1.165, 1.54) is 0 Å². The number of benzene rings is 3. The molecule has 6 heteroatoms. The topological polar surface area (TPSA) is 80.3 Å². The van der Waals surface area contributed by atoms with Crippen LogP contribution in [-0.4, -0.2) is 23.4 Å². The monoisotopic (exact) mass is 437 g/mol. The number of nitrogens with zero attached hydrogens (tertiary/aromatic N) is 1. The third-order valence-corrected chi connectivity index (χ3v) is 5.79. The van der Waals surface area contributed by atoms with Crippen molar-refractivity contribution in [3.63, 3.8) is 0 Å². The van der Waals surface area contributed by atoms with Crippen LogP contribution in [0, 0.1) is 13.8 Å². The molecule has 0 radical (unpaired) electrons. The lowest BCUT2D eigenvalue weighted by molar-refractivity contribution is 0.101. The Labute approximate surface area is 191 Å². The summed E-state index contributed by atoms with van der Waals surface area (Å²) < 4.78 is 5.51. The van der Waals surface area contributed by atoms with Crippen molar-refractivity contribution >= 4 is 34.1 Å². The van der Waals surface area contributed by atoms with E-state index in [1.54, 1.807) is 18.2 Å². The van der Waals surface area contributed by atoms with E-state index < -0.39 is 0 Å². The molecule has 0 atom stereocenters. The average Bonchev–Trinajstić information content (AvgIpc) is 3.28. The second-order valence-electron chi connectivity index (χ2n) is 8.22. The van der Waals surface area contributed by atoms with Crippen LogP contribution in [-0.2, 0) is 6.42 Å². The van der Waals surface area contributed by atoms with Gasteiger partial charge in [0.25, 0.3) is 11.8 Å². The summed E-state index contributed by atoms with van der Waals surface area (Å²) in [6, 6.07) is 20.2. The Morgan fingerprint density at radius 3 is 2.52 bits per heavy atom. The zero-order valence-electron chi connectivity index (χ0n) is 18.4. The van der Waals surface area contributed by atoms with Gasteiger partial charge >= 0.3 is 0 Å². The molecule has 1 aliphatic heterocycles. The molecule has 5 rings (SSSR count). The number of pyridine rings is 1. The van der Waals surface area contributed by atoms with E-state index in [-0.39, 0.29) is 11.8 Å². The molecule has 3 aromatic carbocycles. The Bertz CT molecular complexity index is 1410. The van der Waals surface area contributed by atoms with Crippen molar-refractivity contribution in [2.75, 3.05) is 17.2 Å². The van der Waals surface area contributed by atoms with Gasteiger partial charge < -0.3 is 15.4 Å². The highest BCUT2D eigenvalue weighted by molar-refractivity contribution is 6.08. The van der Waals surface area contributed by atoms with Crippen molar-refractivity contribution < 1.29 is 14.3 Å². The summed E-state index contributed by atoms with van der Waals surface area (Å²) in [5, 5.41) is 6.79. The molecule has 2 amide bonds. The number of carbonyl (C=O) groups is 2. The highest BCUT2D eigenvalue weighted by Gasteiger charge is 2.16. The van der Waals surface area contributed by atoms with Gasteiger partial charge in [0.05, 0.1) is 12.1 Å². The SMILES string of the molecule is Cc1ccc2cc(C(=O)Nc3cc(NC(=O)c4ccc5c(c4)CCO5)ccc3C)ccc2n1. The highest BCUT2D eigenvalue weighted by Crippen LogP contribution is 2.27. The fourth-order valence-corrected chi connectivity index (χ4v) is 3.93. The molecular formula is C27H23N3O3. The van der Waals surface area contributed by atoms with Crippen molar-refractivity contribution in [2.24, 2.45) is 0 Å². The number of rotatable bonds is 4. The zero-order chi connectivity index (χ0) is 22.9. The molecule has 6 nitrogen and oxygen atoms in total. The van der Waals surface area contributed by atoms with Crippen LogP contribution in [0.4, 0.5) is 11.4 Å². The molecule has 2 heterocycles.